The molecule has 5 nitrogen and oxygen atoms in total. The molecule has 1 aromatic heterocycles. The number of halogens is 3. The van der Waals surface area contributed by atoms with Crippen LogP contribution in [0, 0.1) is 0 Å². The third-order valence-electron chi connectivity index (χ3n) is 2.22. The van der Waals surface area contributed by atoms with E-state index in [0.717, 1.165) is 6.07 Å². The van der Waals surface area contributed by atoms with Gasteiger partial charge in [-0.25, -0.2) is 4.98 Å². The molecule has 102 valence electrons. The van der Waals surface area contributed by atoms with E-state index in [4.69, 9.17) is 10.8 Å². The number of nitrogen functional groups attached to an aromatic ring is 1. The van der Waals surface area contributed by atoms with Gasteiger partial charge in [0, 0.05) is 18.7 Å². The van der Waals surface area contributed by atoms with Gasteiger partial charge in [-0.05, 0) is 19.8 Å². The molecule has 0 radical (unpaired) electrons. The van der Waals surface area contributed by atoms with Gasteiger partial charge in [0.15, 0.2) is 5.69 Å². The van der Waals surface area contributed by atoms with Crippen molar-refractivity contribution >= 4 is 11.8 Å². The second kappa shape index (κ2) is 5.85. The standard InChI is InChI=1S/C10H15F3N4O/c1-6(3-2-4-18)15-8-5-7(10(11,12)13)16-9(14)17-8/h5-6,18H,2-4H2,1H3,(H3,14,15,16,17). The Morgan fingerprint density at radius 2 is 2.11 bits per heavy atom. The number of nitrogens with one attached hydrogen (secondary N) is 1. The first-order chi connectivity index (χ1) is 8.32. The normalized spacial score (nSPS) is 13.4. The van der Waals surface area contributed by atoms with Gasteiger partial charge in [0.05, 0.1) is 0 Å². The minimum absolute atomic E-state index is 0.0280. The van der Waals surface area contributed by atoms with Crippen molar-refractivity contribution < 1.29 is 18.3 Å². The molecule has 0 aliphatic rings. The number of anilines is 2. The summed E-state index contributed by atoms with van der Waals surface area (Å²) in [6.07, 6.45) is -3.38. The Kier molecular flexibility index (Phi) is 4.71. The first-order valence-electron chi connectivity index (χ1n) is 5.42. The molecular weight excluding hydrogens is 249 g/mol. The molecule has 18 heavy (non-hydrogen) atoms. The monoisotopic (exact) mass is 264 g/mol. The van der Waals surface area contributed by atoms with Gasteiger partial charge in [-0.3, -0.25) is 0 Å². The van der Waals surface area contributed by atoms with E-state index in [1.54, 1.807) is 6.92 Å². The summed E-state index contributed by atoms with van der Waals surface area (Å²) in [5.74, 6) is -0.401. The molecule has 1 atom stereocenters. The number of nitrogens with two attached hydrogens (primary N) is 1. The van der Waals surface area contributed by atoms with Crippen molar-refractivity contribution in [2.45, 2.75) is 32.0 Å². The number of hydrogen-bond donors (Lipinski definition) is 3. The zero-order valence-corrected chi connectivity index (χ0v) is 9.83. The fourth-order valence-corrected chi connectivity index (χ4v) is 1.41. The summed E-state index contributed by atoms with van der Waals surface area (Å²) in [6, 6.07) is 0.693. The summed E-state index contributed by atoms with van der Waals surface area (Å²) in [4.78, 5) is 6.82. The second-order valence-corrected chi connectivity index (χ2v) is 3.91. The summed E-state index contributed by atoms with van der Waals surface area (Å²) in [7, 11) is 0. The first kappa shape index (κ1) is 14.5. The zero-order valence-electron chi connectivity index (χ0n) is 9.83. The van der Waals surface area contributed by atoms with E-state index in [0.29, 0.717) is 12.8 Å². The van der Waals surface area contributed by atoms with Crippen LogP contribution in [0.2, 0.25) is 0 Å². The Labute approximate surface area is 102 Å². The Balaban J connectivity index is 2.80. The summed E-state index contributed by atoms with van der Waals surface area (Å²) in [5.41, 5.74) is 4.15. The molecule has 0 spiro atoms. The smallest absolute Gasteiger partial charge is 0.396 e. The van der Waals surface area contributed by atoms with Crippen LogP contribution in [0.5, 0.6) is 0 Å². The lowest BCUT2D eigenvalue weighted by Crippen LogP contribution is -2.19. The van der Waals surface area contributed by atoms with Crippen molar-refractivity contribution in [3.63, 3.8) is 0 Å². The molecule has 0 aromatic carbocycles. The van der Waals surface area contributed by atoms with Crippen molar-refractivity contribution in [2.75, 3.05) is 17.7 Å². The van der Waals surface area contributed by atoms with Crippen LogP contribution in [0.3, 0.4) is 0 Å². The minimum Gasteiger partial charge on any atom is -0.396 e. The van der Waals surface area contributed by atoms with Gasteiger partial charge in [0.2, 0.25) is 5.95 Å². The average Bonchev–Trinajstić information content (AvgIpc) is 2.24. The van der Waals surface area contributed by atoms with Gasteiger partial charge in [0.1, 0.15) is 5.82 Å². The Hall–Kier alpha value is -1.57. The van der Waals surface area contributed by atoms with E-state index in [1.165, 1.54) is 0 Å². The quantitative estimate of drug-likeness (QED) is 0.753. The molecule has 0 aliphatic heterocycles. The van der Waals surface area contributed by atoms with E-state index >= 15 is 0 Å². The van der Waals surface area contributed by atoms with Crippen LogP contribution in [0.15, 0.2) is 6.07 Å². The zero-order chi connectivity index (χ0) is 13.8. The third kappa shape index (κ3) is 4.36. The van der Waals surface area contributed by atoms with Crippen LogP contribution in [-0.4, -0.2) is 27.7 Å². The van der Waals surface area contributed by atoms with Crippen molar-refractivity contribution in [3.8, 4) is 0 Å². The Morgan fingerprint density at radius 3 is 2.67 bits per heavy atom. The van der Waals surface area contributed by atoms with E-state index in [1.807, 2.05) is 0 Å². The highest BCUT2D eigenvalue weighted by molar-refractivity contribution is 5.41. The highest BCUT2D eigenvalue weighted by atomic mass is 19.4. The summed E-state index contributed by atoms with van der Waals surface area (Å²) < 4.78 is 37.4. The molecule has 0 saturated heterocycles. The largest absolute Gasteiger partial charge is 0.433 e. The van der Waals surface area contributed by atoms with Gasteiger partial charge in [-0.15, -0.1) is 0 Å². The second-order valence-electron chi connectivity index (χ2n) is 3.91. The van der Waals surface area contributed by atoms with Crippen LogP contribution in [0.1, 0.15) is 25.5 Å². The maximum atomic E-state index is 12.5. The summed E-state index contributed by atoms with van der Waals surface area (Å²) >= 11 is 0. The molecule has 8 heteroatoms. The fourth-order valence-electron chi connectivity index (χ4n) is 1.41. The molecule has 1 unspecified atom stereocenters. The van der Waals surface area contributed by atoms with E-state index in [9.17, 15) is 13.2 Å². The maximum Gasteiger partial charge on any atom is 0.433 e. The van der Waals surface area contributed by atoms with Crippen LogP contribution >= 0.6 is 0 Å². The van der Waals surface area contributed by atoms with Gasteiger partial charge in [-0.2, -0.15) is 18.2 Å². The lowest BCUT2D eigenvalue weighted by atomic mass is 10.2. The number of nitrogens with zero attached hydrogens (tertiary/aromatic N) is 2. The summed E-state index contributed by atoms with van der Waals surface area (Å²) in [6.45, 7) is 1.81. The predicted molar refractivity (Wildman–Crippen MR) is 60.9 cm³/mol. The molecule has 0 fully saturated rings. The highest BCUT2D eigenvalue weighted by Crippen LogP contribution is 2.29. The molecule has 0 aliphatic carbocycles. The molecule has 1 aromatic rings. The molecule has 1 heterocycles. The van der Waals surface area contributed by atoms with Gasteiger partial charge in [0.25, 0.3) is 0 Å². The third-order valence-corrected chi connectivity index (χ3v) is 2.22. The van der Waals surface area contributed by atoms with Crippen LogP contribution in [0.25, 0.3) is 0 Å². The minimum atomic E-state index is -4.55. The molecule has 0 saturated carbocycles. The number of alkyl halides is 3. The number of aliphatic hydroxyl groups excluding tert-OH is 1. The van der Waals surface area contributed by atoms with Crippen molar-refractivity contribution in [2.24, 2.45) is 0 Å². The number of hydrogen-bond acceptors (Lipinski definition) is 5. The van der Waals surface area contributed by atoms with Gasteiger partial charge >= 0.3 is 6.18 Å². The van der Waals surface area contributed by atoms with E-state index < -0.39 is 17.8 Å². The van der Waals surface area contributed by atoms with Crippen LogP contribution in [-0.2, 0) is 6.18 Å². The lowest BCUT2D eigenvalue weighted by molar-refractivity contribution is -0.141. The Morgan fingerprint density at radius 1 is 1.44 bits per heavy atom. The fraction of sp³-hybridized carbons (Fsp3) is 0.600. The number of aliphatic hydroxyl groups is 1. The first-order valence-corrected chi connectivity index (χ1v) is 5.42. The Bertz CT molecular complexity index is 397. The predicted octanol–water partition coefficient (Wildman–Crippen LogP) is 1.65. The van der Waals surface area contributed by atoms with Crippen LogP contribution in [0.4, 0.5) is 24.9 Å². The summed E-state index contributed by atoms with van der Waals surface area (Å²) in [5, 5.41) is 11.4. The molecule has 4 N–H and O–H groups in total. The maximum absolute atomic E-state index is 12.5. The van der Waals surface area contributed by atoms with E-state index in [2.05, 4.69) is 15.3 Å². The van der Waals surface area contributed by atoms with Crippen molar-refractivity contribution in [1.29, 1.82) is 0 Å². The van der Waals surface area contributed by atoms with E-state index in [-0.39, 0.29) is 18.5 Å². The molecule has 0 bridgehead atoms. The number of aromatic nitrogens is 2. The van der Waals surface area contributed by atoms with Crippen molar-refractivity contribution in [1.82, 2.24) is 9.97 Å². The van der Waals surface area contributed by atoms with Gasteiger partial charge in [-0.1, -0.05) is 0 Å². The molecule has 0 amide bonds. The topological polar surface area (TPSA) is 84.1 Å². The average molecular weight is 264 g/mol. The molecule has 1 rings (SSSR count). The molecular formula is C10H15F3N4O. The van der Waals surface area contributed by atoms with Crippen molar-refractivity contribution in [3.05, 3.63) is 11.8 Å². The van der Waals surface area contributed by atoms with Crippen LogP contribution < -0.4 is 11.1 Å². The lowest BCUT2D eigenvalue weighted by Gasteiger charge is -2.15. The SMILES string of the molecule is CC(CCCO)Nc1cc(C(F)(F)F)nc(N)n1. The number of rotatable bonds is 5. The van der Waals surface area contributed by atoms with Gasteiger partial charge < -0.3 is 16.2 Å². The highest BCUT2D eigenvalue weighted by Gasteiger charge is 2.33.